The van der Waals surface area contributed by atoms with Crippen molar-refractivity contribution in [2.24, 2.45) is 0 Å². The molecule has 0 amide bonds. The monoisotopic (exact) mass is 788 g/mol. The third-order valence-electron chi connectivity index (χ3n) is 12.6. The molecule has 11 aromatic carbocycles. The van der Waals surface area contributed by atoms with Gasteiger partial charge in [-0.3, -0.25) is 0 Å². The van der Waals surface area contributed by atoms with E-state index in [2.05, 4.69) is 252 Å². The van der Waals surface area contributed by atoms with Crippen LogP contribution < -0.4 is 4.90 Å². The van der Waals surface area contributed by atoms with E-state index in [4.69, 9.17) is 0 Å². The van der Waals surface area contributed by atoms with Crippen molar-refractivity contribution in [3.8, 4) is 39.1 Å². The van der Waals surface area contributed by atoms with Crippen molar-refractivity contribution in [1.29, 1.82) is 0 Å². The van der Waals surface area contributed by atoms with Crippen molar-refractivity contribution >= 4 is 71.2 Å². The Hall–Kier alpha value is -8.20. The maximum absolute atomic E-state index is 2.41. The van der Waals surface area contributed by atoms with Gasteiger partial charge in [-0.15, -0.1) is 0 Å². The van der Waals surface area contributed by atoms with Gasteiger partial charge in [0.2, 0.25) is 0 Å². The quantitative estimate of drug-likeness (QED) is 0.146. The molecule has 290 valence electrons. The van der Waals surface area contributed by atoms with Crippen molar-refractivity contribution in [3.05, 3.63) is 243 Å². The number of benzene rings is 11. The SMILES string of the molecule is c1cc(-c2ccc(N(c3ccc(-c4cc5ccccc5c5ccccc45)cc3)c3ccccc3-c3ccc4ccccc4c3)cc2)cc(-n2c3ccccc3c3ccccc32)c1. The van der Waals surface area contributed by atoms with Crippen molar-refractivity contribution in [2.75, 3.05) is 4.90 Å². The standard InChI is InChI=1S/C60H40N2/c1-2-15-44-38-47(29-28-41(44)14-1)52-20-7-10-25-58(52)61(49-36-32-43(33-37-49)57-40-46-16-3-4-19-51(46)53-21-5-6-22-54(53)57)48-34-30-42(31-35-48)45-17-13-18-50(39-45)62-59-26-11-8-23-55(59)56-24-9-12-27-60(56)62/h1-40H. The Bertz CT molecular complexity index is 3580. The maximum Gasteiger partial charge on any atom is 0.0541 e. The normalized spacial score (nSPS) is 11.5. The maximum atomic E-state index is 2.41. The van der Waals surface area contributed by atoms with Crippen LogP contribution in [0.1, 0.15) is 0 Å². The predicted molar refractivity (Wildman–Crippen MR) is 264 cm³/mol. The van der Waals surface area contributed by atoms with E-state index in [1.807, 2.05) is 0 Å². The van der Waals surface area contributed by atoms with Gasteiger partial charge in [0, 0.05) is 33.4 Å². The summed E-state index contributed by atoms with van der Waals surface area (Å²) in [5.74, 6) is 0. The van der Waals surface area contributed by atoms with Crippen molar-refractivity contribution < 1.29 is 0 Å². The Morgan fingerprint density at radius 2 is 0.823 bits per heavy atom. The van der Waals surface area contributed by atoms with Crippen LogP contribution in [0.25, 0.3) is 93.2 Å². The molecule has 0 radical (unpaired) electrons. The number of fused-ring (bicyclic) bond motifs is 7. The lowest BCUT2D eigenvalue weighted by molar-refractivity contribution is 1.18. The van der Waals surface area contributed by atoms with Crippen LogP contribution in [0.5, 0.6) is 0 Å². The second-order valence-corrected chi connectivity index (χ2v) is 16.1. The minimum absolute atomic E-state index is 1.09. The van der Waals surface area contributed by atoms with Gasteiger partial charge in [0.05, 0.1) is 16.7 Å². The average molecular weight is 789 g/mol. The Morgan fingerprint density at radius 1 is 0.274 bits per heavy atom. The summed E-state index contributed by atoms with van der Waals surface area (Å²) in [4.78, 5) is 2.41. The van der Waals surface area contributed by atoms with Crippen LogP contribution in [-0.2, 0) is 0 Å². The molecule has 0 bridgehead atoms. The summed E-state index contributed by atoms with van der Waals surface area (Å²) in [6.07, 6.45) is 0. The van der Waals surface area contributed by atoms with Gasteiger partial charge in [-0.05, 0) is 127 Å². The first-order valence-electron chi connectivity index (χ1n) is 21.3. The van der Waals surface area contributed by atoms with E-state index in [9.17, 15) is 0 Å². The molecule has 12 aromatic rings. The summed E-state index contributed by atoms with van der Waals surface area (Å²) in [5.41, 5.74) is 14.0. The molecule has 0 aliphatic heterocycles. The lowest BCUT2D eigenvalue weighted by Crippen LogP contribution is -2.11. The molecule has 0 N–H and O–H groups in total. The molecule has 12 rings (SSSR count). The summed E-state index contributed by atoms with van der Waals surface area (Å²) in [5, 5.41) is 10.1. The van der Waals surface area contributed by atoms with Crippen LogP contribution >= 0.6 is 0 Å². The first-order chi connectivity index (χ1) is 30.7. The smallest absolute Gasteiger partial charge is 0.0541 e. The molecule has 62 heavy (non-hydrogen) atoms. The lowest BCUT2D eigenvalue weighted by atomic mass is 9.93. The molecule has 2 nitrogen and oxygen atoms in total. The third kappa shape index (κ3) is 6.04. The van der Waals surface area contributed by atoms with Crippen LogP contribution in [0.4, 0.5) is 17.1 Å². The first-order valence-corrected chi connectivity index (χ1v) is 21.3. The van der Waals surface area contributed by atoms with E-state index in [1.165, 1.54) is 81.9 Å². The van der Waals surface area contributed by atoms with Crippen LogP contribution in [0.15, 0.2) is 243 Å². The molecule has 2 heteroatoms. The number of rotatable bonds is 7. The second kappa shape index (κ2) is 14.8. The Labute approximate surface area is 360 Å². The molecule has 0 saturated carbocycles. The van der Waals surface area contributed by atoms with Gasteiger partial charge in [-0.1, -0.05) is 176 Å². The molecule has 0 spiro atoms. The molecule has 0 fully saturated rings. The fourth-order valence-corrected chi connectivity index (χ4v) is 9.61. The van der Waals surface area contributed by atoms with Crippen LogP contribution in [0, 0.1) is 0 Å². The molecule has 1 aromatic heterocycles. The molecular formula is C60H40N2. The van der Waals surface area contributed by atoms with E-state index in [0.717, 1.165) is 28.3 Å². The highest BCUT2D eigenvalue weighted by atomic mass is 15.1. The molecule has 0 aliphatic rings. The van der Waals surface area contributed by atoms with E-state index < -0.39 is 0 Å². The summed E-state index contributed by atoms with van der Waals surface area (Å²) in [6.45, 7) is 0. The highest BCUT2D eigenvalue weighted by Gasteiger charge is 2.19. The number of hydrogen-bond donors (Lipinski definition) is 0. The fourth-order valence-electron chi connectivity index (χ4n) is 9.61. The molecule has 0 unspecified atom stereocenters. The van der Waals surface area contributed by atoms with E-state index in [0.29, 0.717) is 0 Å². The molecule has 1 heterocycles. The number of anilines is 3. The minimum atomic E-state index is 1.09. The number of hydrogen-bond acceptors (Lipinski definition) is 1. The summed E-state index contributed by atoms with van der Waals surface area (Å²) in [6, 6.07) is 88.5. The predicted octanol–water partition coefficient (Wildman–Crippen LogP) is 16.7. The zero-order chi connectivity index (χ0) is 41.0. The van der Waals surface area contributed by atoms with Gasteiger partial charge in [0.25, 0.3) is 0 Å². The van der Waals surface area contributed by atoms with Gasteiger partial charge in [0.1, 0.15) is 0 Å². The zero-order valence-corrected chi connectivity index (χ0v) is 34.0. The molecular weight excluding hydrogens is 749 g/mol. The number of aromatic nitrogens is 1. The fraction of sp³-hybridized carbons (Fsp3) is 0. The summed E-state index contributed by atoms with van der Waals surface area (Å²) < 4.78 is 2.39. The second-order valence-electron chi connectivity index (χ2n) is 16.1. The first kappa shape index (κ1) is 35.7. The molecule has 0 aliphatic carbocycles. The van der Waals surface area contributed by atoms with Gasteiger partial charge in [-0.2, -0.15) is 0 Å². The van der Waals surface area contributed by atoms with Crippen LogP contribution in [0.2, 0.25) is 0 Å². The molecule has 0 saturated heterocycles. The minimum Gasteiger partial charge on any atom is -0.310 e. The van der Waals surface area contributed by atoms with Crippen LogP contribution in [0.3, 0.4) is 0 Å². The van der Waals surface area contributed by atoms with Gasteiger partial charge >= 0.3 is 0 Å². The topological polar surface area (TPSA) is 8.17 Å². The highest BCUT2D eigenvalue weighted by Crippen LogP contribution is 2.43. The van der Waals surface area contributed by atoms with E-state index in [1.54, 1.807) is 0 Å². The van der Waals surface area contributed by atoms with E-state index in [-0.39, 0.29) is 0 Å². The highest BCUT2D eigenvalue weighted by molar-refractivity contribution is 6.14. The van der Waals surface area contributed by atoms with Gasteiger partial charge in [-0.25, -0.2) is 0 Å². The summed E-state index contributed by atoms with van der Waals surface area (Å²) in [7, 11) is 0. The lowest BCUT2D eigenvalue weighted by Gasteiger charge is -2.28. The van der Waals surface area contributed by atoms with E-state index >= 15 is 0 Å². The average Bonchev–Trinajstić information content (AvgIpc) is 3.69. The van der Waals surface area contributed by atoms with Gasteiger partial charge in [0.15, 0.2) is 0 Å². The van der Waals surface area contributed by atoms with Crippen molar-refractivity contribution in [3.63, 3.8) is 0 Å². The Balaban J connectivity index is 0.976. The van der Waals surface area contributed by atoms with Crippen molar-refractivity contribution in [2.45, 2.75) is 0 Å². The Morgan fingerprint density at radius 3 is 1.55 bits per heavy atom. The zero-order valence-electron chi connectivity index (χ0n) is 34.0. The largest absolute Gasteiger partial charge is 0.310 e. The molecule has 0 atom stereocenters. The third-order valence-corrected chi connectivity index (χ3v) is 12.6. The summed E-state index contributed by atoms with van der Waals surface area (Å²) >= 11 is 0. The Kier molecular flexibility index (Phi) is 8.53. The van der Waals surface area contributed by atoms with Gasteiger partial charge < -0.3 is 9.47 Å². The van der Waals surface area contributed by atoms with Crippen LogP contribution in [-0.4, -0.2) is 4.57 Å². The number of nitrogens with zero attached hydrogens (tertiary/aromatic N) is 2. The number of para-hydroxylation sites is 3. The van der Waals surface area contributed by atoms with Crippen molar-refractivity contribution in [1.82, 2.24) is 4.57 Å².